The third-order valence-corrected chi connectivity index (χ3v) is 4.12. The molecule has 0 saturated carbocycles. The molecule has 0 bridgehead atoms. The van der Waals surface area contributed by atoms with E-state index in [0.29, 0.717) is 11.1 Å². The first-order valence-electron chi connectivity index (χ1n) is 7.45. The van der Waals surface area contributed by atoms with Gasteiger partial charge in [-0.2, -0.15) is 0 Å². The Morgan fingerprint density at radius 2 is 1.70 bits per heavy atom. The van der Waals surface area contributed by atoms with Crippen LogP contribution in [0.5, 0.6) is 5.75 Å². The third-order valence-electron chi connectivity index (χ3n) is 4.12. The van der Waals surface area contributed by atoms with Crippen LogP contribution in [0.4, 0.5) is 0 Å². The lowest BCUT2D eigenvalue weighted by Gasteiger charge is -2.09. The number of hydrogen-bond donors (Lipinski definition) is 1. The van der Waals surface area contributed by atoms with E-state index in [2.05, 4.69) is 23.2 Å². The van der Waals surface area contributed by atoms with E-state index in [1.54, 1.807) is 19.2 Å². The van der Waals surface area contributed by atoms with Crippen molar-refractivity contribution in [2.45, 2.75) is 0 Å². The van der Waals surface area contributed by atoms with Crippen LogP contribution in [-0.2, 0) is 0 Å². The number of aromatic amines is 1. The van der Waals surface area contributed by atoms with Crippen LogP contribution in [0.1, 0.15) is 0 Å². The van der Waals surface area contributed by atoms with Crippen molar-refractivity contribution >= 4 is 21.7 Å². The molecule has 0 amide bonds. The highest BCUT2D eigenvalue weighted by Gasteiger charge is 2.08. The molecule has 4 rings (SSSR count). The number of aromatic nitrogens is 1. The Morgan fingerprint density at radius 1 is 0.870 bits per heavy atom. The molecule has 0 fully saturated rings. The van der Waals surface area contributed by atoms with E-state index in [0.717, 1.165) is 27.5 Å². The van der Waals surface area contributed by atoms with Gasteiger partial charge in [0, 0.05) is 22.5 Å². The van der Waals surface area contributed by atoms with Crippen LogP contribution < -0.4 is 10.2 Å². The van der Waals surface area contributed by atoms with Crippen molar-refractivity contribution in [3.05, 3.63) is 77.0 Å². The van der Waals surface area contributed by atoms with Crippen molar-refractivity contribution in [2.24, 2.45) is 0 Å². The van der Waals surface area contributed by atoms with Gasteiger partial charge in [-0.3, -0.25) is 4.79 Å². The number of methoxy groups -OCH3 is 1. The van der Waals surface area contributed by atoms with Gasteiger partial charge >= 0.3 is 0 Å². The Balaban J connectivity index is 2.00. The number of rotatable bonds is 2. The number of fused-ring (bicyclic) bond motifs is 2. The fraction of sp³-hybridized carbons (Fsp3) is 0.0500. The molecule has 0 unspecified atom stereocenters. The van der Waals surface area contributed by atoms with E-state index in [9.17, 15) is 4.79 Å². The molecule has 1 N–H and O–H groups in total. The molecule has 3 heteroatoms. The van der Waals surface area contributed by atoms with Crippen LogP contribution in [0.25, 0.3) is 32.9 Å². The second-order valence-corrected chi connectivity index (χ2v) is 5.49. The minimum absolute atomic E-state index is 0.0133. The predicted molar refractivity (Wildman–Crippen MR) is 94.1 cm³/mol. The number of ether oxygens (including phenoxy) is 1. The van der Waals surface area contributed by atoms with Crippen molar-refractivity contribution in [1.29, 1.82) is 0 Å². The summed E-state index contributed by atoms with van der Waals surface area (Å²) in [4.78, 5) is 15.9. The Kier molecular flexibility index (Phi) is 3.12. The molecule has 3 aromatic carbocycles. The summed E-state index contributed by atoms with van der Waals surface area (Å²) in [6, 6.07) is 21.4. The summed E-state index contributed by atoms with van der Waals surface area (Å²) in [5.74, 6) is 0.681. The Labute approximate surface area is 133 Å². The van der Waals surface area contributed by atoms with Gasteiger partial charge in [-0.1, -0.05) is 42.5 Å². The standard InChI is InChI=1S/C20H15NO2/c1-23-14-9-10-18-17(11-14)20(22)12-19(21-18)16-8-4-6-13-5-2-3-7-15(13)16/h2-12H,1H3,(H,21,22). The van der Waals surface area contributed by atoms with Crippen molar-refractivity contribution in [3.8, 4) is 17.0 Å². The maximum atomic E-state index is 12.5. The van der Waals surface area contributed by atoms with E-state index in [-0.39, 0.29) is 5.43 Å². The van der Waals surface area contributed by atoms with Crippen LogP contribution >= 0.6 is 0 Å². The molecular weight excluding hydrogens is 286 g/mol. The van der Waals surface area contributed by atoms with Crippen LogP contribution in [0.15, 0.2) is 71.5 Å². The van der Waals surface area contributed by atoms with Gasteiger partial charge in [-0.25, -0.2) is 0 Å². The molecule has 0 aliphatic rings. The summed E-state index contributed by atoms with van der Waals surface area (Å²) in [5.41, 5.74) is 2.64. The normalized spacial score (nSPS) is 11.0. The maximum Gasteiger partial charge on any atom is 0.190 e. The zero-order chi connectivity index (χ0) is 15.8. The summed E-state index contributed by atoms with van der Waals surface area (Å²) >= 11 is 0. The molecule has 0 spiro atoms. The number of hydrogen-bond acceptors (Lipinski definition) is 2. The SMILES string of the molecule is COc1ccc2[nH]c(-c3cccc4ccccc34)cc(=O)c2c1. The first-order valence-corrected chi connectivity index (χ1v) is 7.45. The lowest BCUT2D eigenvalue weighted by atomic mass is 10.0. The average Bonchev–Trinajstić information content (AvgIpc) is 2.61. The summed E-state index contributed by atoms with van der Waals surface area (Å²) in [5, 5.41) is 2.91. The summed E-state index contributed by atoms with van der Waals surface area (Å²) in [6.07, 6.45) is 0. The van der Waals surface area contributed by atoms with Gasteiger partial charge in [0.15, 0.2) is 5.43 Å². The van der Waals surface area contributed by atoms with Crippen molar-refractivity contribution in [2.75, 3.05) is 7.11 Å². The molecule has 23 heavy (non-hydrogen) atoms. The monoisotopic (exact) mass is 301 g/mol. The molecule has 0 radical (unpaired) electrons. The molecule has 0 aliphatic carbocycles. The van der Waals surface area contributed by atoms with Crippen LogP contribution in [-0.4, -0.2) is 12.1 Å². The van der Waals surface area contributed by atoms with Gasteiger partial charge in [0.05, 0.1) is 12.8 Å². The molecule has 1 aromatic heterocycles. The van der Waals surface area contributed by atoms with Crippen molar-refractivity contribution in [1.82, 2.24) is 4.98 Å². The lowest BCUT2D eigenvalue weighted by molar-refractivity contribution is 0.415. The van der Waals surface area contributed by atoms with Crippen LogP contribution in [0.3, 0.4) is 0 Å². The molecule has 0 atom stereocenters. The molecule has 0 aliphatic heterocycles. The van der Waals surface area contributed by atoms with E-state index in [1.807, 2.05) is 36.4 Å². The van der Waals surface area contributed by atoms with Gasteiger partial charge in [-0.15, -0.1) is 0 Å². The first kappa shape index (κ1) is 13.6. The number of pyridine rings is 1. The lowest BCUT2D eigenvalue weighted by Crippen LogP contribution is -2.03. The molecular formula is C20H15NO2. The molecule has 0 saturated heterocycles. The minimum Gasteiger partial charge on any atom is -0.497 e. The highest BCUT2D eigenvalue weighted by atomic mass is 16.5. The zero-order valence-corrected chi connectivity index (χ0v) is 12.7. The fourth-order valence-electron chi connectivity index (χ4n) is 2.96. The quantitative estimate of drug-likeness (QED) is 0.598. The fourth-order valence-corrected chi connectivity index (χ4v) is 2.96. The van der Waals surface area contributed by atoms with Crippen LogP contribution in [0, 0.1) is 0 Å². The predicted octanol–water partition coefficient (Wildman–Crippen LogP) is 4.36. The molecule has 112 valence electrons. The van der Waals surface area contributed by atoms with Gasteiger partial charge < -0.3 is 9.72 Å². The van der Waals surface area contributed by atoms with E-state index >= 15 is 0 Å². The second-order valence-electron chi connectivity index (χ2n) is 5.49. The van der Waals surface area contributed by atoms with E-state index in [4.69, 9.17) is 4.74 Å². The first-order chi connectivity index (χ1) is 11.3. The maximum absolute atomic E-state index is 12.5. The summed E-state index contributed by atoms with van der Waals surface area (Å²) < 4.78 is 5.20. The number of benzene rings is 3. The van der Waals surface area contributed by atoms with Gasteiger partial charge in [0.1, 0.15) is 5.75 Å². The van der Waals surface area contributed by atoms with Gasteiger partial charge in [0.2, 0.25) is 0 Å². The Hall–Kier alpha value is -3.07. The highest BCUT2D eigenvalue weighted by molar-refractivity contribution is 5.96. The summed E-state index contributed by atoms with van der Waals surface area (Å²) in [7, 11) is 1.60. The topological polar surface area (TPSA) is 42.1 Å². The molecule has 4 aromatic rings. The van der Waals surface area contributed by atoms with Crippen LogP contribution in [0.2, 0.25) is 0 Å². The van der Waals surface area contributed by atoms with Crippen molar-refractivity contribution < 1.29 is 4.74 Å². The summed E-state index contributed by atoms with van der Waals surface area (Å²) in [6.45, 7) is 0. The Morgan fingerprint density at radius 3 is 2.57 bits per heavy atom. The average molecular weight is 301 g/mol. The zero-order valence-electron chi connectivity index (χ0n) is 12.7. The molecule has 3 nitrogen and oxygen atoms in total. The van der Waals surface area contributed by atoms with E-state index in [1.165, 1.54) is 0 Å². The Bertz CT molecular complexity index is 1070. The van der Waals surface area contributed by atoms with Gasteiger partial charge in [-0.05, 0) is 29.0 Å². The number of H-pyrrole nitrogens is 1. The second kappa shape index (κ2) is 5.29. The third kappa shape index (κ3) is 2.27. The smallest absolute Gasteiger partial charge is 0.190 e. The number of nitrogens with one attached hydrogen (secondary N) is 1. The van der Waals surface area contributed by atoms with Gasteiger partial charge in [0.25, 0.3) is 0 Å². The van der Waals surface area contributed by atoms with Crippen molar-refractivity contribution in [3.63, 3.8) is 0 Å². The largest absolute Gasteiger partial charge is 0.497 e. The molecule has 1 heterocycles. The highest BCUT2D eigenvalue weighted by Crippen LogP contribution is 2.28. The van der Waals surface area contributed by atoms with E-state index < -0.39 is 0 Å². The minimum atomic E-state index is -0.0133.